The first-order valence-electron chi connectivity index (χ1n) is 9.44. The molecule has 0 aliphatic carbocycles. The molecular formula is C22H28N2O2. The third kappa shape index (κ3) is 5.33. The largest absolute Gasteiger partial charge is 0.446 e. The van der Waals surface area contributed by atoms with E-state index in [0.717, 1.165) is 38.2 Å². The Labute approximate surface area is 156 Å². The van der Waals surface area contributed by atoms with E-state index in [2.05, 4.69) is 48.3 Å². The Morgan fingerprint density at radius 1 is 1.08 bits per heavy atom. The minimum Gasteiger partial charge on any atom is -0.446 e. The molecule has 0 aromatic heterocycles. The Morgan fingerprint density at radius 3 is 2.35 bits per heavy atom. The van der Waals surface area contributed by atoms with Crippen molar-refractivity contribution in [2.75, 3.05) is 18.4 Å². The third-order valence-corrected chi connectivity index (χ3v) is 4.88. The molecule has 0 atom stereocenters. The summed E-state index contributed by atoms with van der Waals surface area (Å²) in [5.41, 5.74) is 3.37. The number of likely N-dealkylation sites (tertiary alicyclic amines) is 1. The second kappa shape index (κ2) is 8.86. The van der Waals surface area contributed by atoms with E-state index in [-0.39, 0.29) is 12.2 Å². The molecule has 3 rings (SSSR count). The summed E-state index contributed by atoms with van der Waals surface area (Å²) in [5.74, 6) is 0.483. The van der Waals surface area contributed by atoms with Crippen LogP contribution in [0, 0.1) is 0 Å². The molecule has 26 heavy (non-hydrogen) atoms. The number of ether oxygens (including phenoxy) is 1. The van der Waals surface area contributed by atoms with Gasteiger partial charge in [0.05, 0.1) is 0 Å². The second-order valence-corrected chi connectivity index (χ2v) is 7.27. The lowest BCUT2D eigenvalue weighted by Crippen LogP contribution is -2.38. The van der Waals surface area contributed by atoms with Gasteiger partial charge in [-0.1, -0.05) is 56.3 Å². The second-order valence-electron chi connectivity index (χ2n) is 7.27. The first-order chi connectivity index (χ1) is 12.6. The molecule has 0 radical (unpaired) electrons. The topological polar surface area (TPSA) is 41.6 Å². The van der Waals surface area contributed by atoms with Gasteiger partial charge in [-0.15, -0.1) is 0 Å². The minimum atomic E-state index is -0.358. The molecule has 0 bridgehead atoms. The Kier molecular flexibility index (Phi) is 6.29. The maximum Gasteiger partial charge on any atom is 0.411 e. The monoisotopic (exact) mass is 352 g/mol. The molecule has 1 aliphatic heterocycles. The van der Waals surface area contributed by atoms with Crippen molar-refractivity contribution in [3.8, 4) is 0 Å². The smallest absolute Gasteiger partial charge is 0.411 e. The van der Waals surface area contributed by atoms with E-state index in [1.165, 1.54) is 11.1 Å². The van der Waals surface area contributed by atoms with Crippen LogP contribution < -0.4 is 5.32 Å². The lowest BCUT2D eigenvalue weighted by Gasteiger charge is -2.31. The van der Waals surface area contributed by atoms with Gasteiger partial charge >= 0.3 is 6.09 Å². The highest BCUT2D eigenvalue weighted by Gasteiger charge is 2.22. The molecule has 0 saturated carbocycles. The molecule has 1 fully saturated rings. The molecule has 1 amide bonds. The molecule has 138 valence electrons. The van der Waals surface area contributed by atoms with E-state index < -0.39 is 0 Å². The standard InChI is InChI=1S/C22H28N2O2/c1-17(2)19-8-10-20(11-9-19)23-22(25)26-21-12-14-24(15-13-21)16-18-6-4-3-5-7-18/h3-11,17,21H,12-16H2,1-2H3,(H,23,25). The van der Waals surface area contributed by atoms with E-state index in [9.17, 15) is 4.79 Å². The molecule has 1 saturated heterocycles. The zero-order valence-corrected chi connectivity index (χ0v) is 15.7. The van der Waals surface area contributed by atoms with Crippen LogP contribution in [0.15, 0.2) is 54.6 Å². The van der Waals surface area contributed by atoms with Crippen molar-refractivity contribution in [1.29, 1.82) is 0 Å². The molecule has 1 N–H and O–H groups in total. The quantitative estimate of drug-likeness (QED) is 0.821. The van der Waals surface area contributed by atoms with Crippen molar-refractivity contribution in [2.45, 2.75) is 45.3 Å². The van der Waals surface area contributed by atoms with Crippen molar-refractivity contribution in [2.24, 2.45) is 0 Å². The number of anilines is 1. The van der Waals surface area contributed by atoms with Crippen LogP contribution in [0.1, 0.15) is 43.7 Å². The van der Waals surface area contributed by atoms with Crippen molar-refractivity contribution in [1.82, 2.24) is 4.90 Å². The number of piperidine rings is 1. The van der Waals surface area contributed by atoms with Crippen LogP contribution in [0.2, 0.25) is 0 Å². The zero-order chi connectivity index (χ0) is 18.4. The summed E-state index contributed by atoms with van der Waals surface area (Å²) < 4.78 is 5.59. The highest BCUT2D eigenvalue weighted by molar-refractivity contribution is 5.84. The number of amides is 1. The van der Waals surface area contributed by atoms with Gasteiger partial charge in [-0.3, -0.25) is 10.2 Å². The van der Waals surface area contributed by atoms with Gasteiger partial charge in [-0.05, 0) is 42.0 Å². The number of nitrogens with zero attached hydrogens (tertiary/aromatic N) is 1. The minimum absolute atomic E-state index is 0.00281. The molecule has 0 spiro atoms. The number of benzene rings is 2. The van der Waals surface area contributed by atoms with Crippen LogP contribution in [-0.2, 0) is 11.3 Å². The fraction of sp³-hybridized carbons (Fsp3) is 0.409. The van der Waals surface area contributed by atoms with Crippen molar-refractivity contribution >= 4 is 11.8 Å². The molecule has 4 heteroatoms. The van der Waals surface area contributed by atoms with E-state index in [0.29, 0.717) is 5.92 Å². The van der Waals surface area contributed by atoms with E-state index in [1.807, 2.05) is 30.3 Å². The first-order valence-corrected chi connectivity index (χ1v) is 9.44. The number of nitrogens with one attached hydrogen (secondary N) is 1. The molecular weight excluding hydrogens is 324 g/mol. The van der Waals surface area contributed by atoms with Gasteiger partial charge in [0.15, 0.2) is 0 Å². The average Bonchev–Trinajstić information content (AvgIpc) is 2.64. The lowest BCUT2D eigenvalue weighted by molar-refractivity contribution is 0.0567. The summed E-state index contributed by atoms with van der Waals surface area (Å²) in [6.45, 7) is 7.18. The summed E-state index contributed by atoms with van der Waals surface area (Å²) in [5, 5.41) is 2.83. The van der Waals surface area contributed by atoms with E-state index in [4.69, 9.17) is 4.74 Å². The Morgan fingerprint density at radius 2 is 1.73 bits per heavy atom. The molecule has 4 nitrogen and oxygen atoms in total. The molecule has 2 aromatic rings. The highest BCUT2D eigenvalue weighted by Crippen LogP contribution is 2.19. The summed E-state index contributed by atoms with van der Waals surface area (Å²) in [6.07, 6.45) is 1.40. The normalized spacial score (nSPS) is 15.8. The number of rotatable bonds is 5. The summed E-state index contributed by atoms with van der Waals surface area (Å²) in [4.78, 5) is 14.5. The van der Waals surface area contributed by atoms with Gasteiger partial charge in [0, 0.05) is 25.3 Å². The van der Waals surface area contributed by atoms with Crippen LogP contribution in [0.5, 0.6) is 0 Å². The number of hydrogen-bond donors (Lipinski definition) is 1. The first kappa shape index (κ1) is 18.5. The van der Waals surface area contributed by atoms with Gasteiger partial charge < -0.3 is 4.74 Å². The van der Waals surface area contributed by atoms with Gasteiger partial charge in [-0.2, -0.15) is 0 Å². The third-order valence-electron chi connectivity index (χ3n) is 4.88. The van der Waals surface area contributed by atoms with Gasteiger partial charge in [0.25, 0.3) is 0 Å². The van der Waals surface area contributed by atoms with E-state index >= 15 is 0 Å². The van der Waals surface area contributed by atoms with Gasteiger partial charge in [0.1, 0.15) is 6.10 Å². The Hall–Kier alpha value is -2.33. The number of carbonyl (C=O) groups excluding carboxylic acids is 1. The highest BCUT2D eigenvalue weighted by atomic mass is 16.6. The van der Waals surface area contributed by atoms with Gasteiger partial charge in [0.2, 0.25) is 0 Å². The average molecular weight is 352 g/mol. The van der Waals surface area contributed by atoms with E-state index in [1.54, 1.807) is 0 Å². The maximum atomic E-state index is 12.1. The van der Waals surface area contributed by atoms with Crippen molar-refractivity contribution in [3.63, 3.8) is 0 Å². The fourth-order valence-electron chi connectivity index (χ4n) is 3.28. The van der Waals surface area contributed by atoms with Crippen LogP contribution in [0.25, 0.3) is 0 Å². The number of carbonyl (C=O) groups is 1. The predicted octanol–water partition coefficient (Wildman–Crippen LogP) is 5.02. The Balaban J connectivity index is 1.41. The molecule has 0 unspecified atom stereocenters. The van der Waals surface area contributed by atoms with Crippen LogP contribution >= 0.6 is 0 Å². The van der Waals surface area contributed by atoms with Crippen LogP contribution in [0.3, 0.4) is 0 Å². The SMILES string of the molecule is CC(C)c1ccc(NC(=O)OC2CCN(Cc3ccccc3)CC2)cc1. The molecule has 1 heterocycles. The fourth-order valence-corrected chi connectivity index (χ4v) is 3.28. The Bertz CT molecular complexity index is 690. The zero-order valence-electron chi connectivity index (χ0n) is 15.7. The number of hydrogen-bond acceptors (Lipinski definition) is 3. The summed E-state index contributed by atoms with van der Waals surface area (Å²) >= 11 is 0. The van der Waals surface area contributed by atoms with Crippen LogP contribution in [0.4, 0.5) is 10.5 Å². The molecule has 1 aliphatic rings. The maximum absolute atomic E-state index is 12.1. The van der Waals surface area contributed by atoms with Gasteiger partial charge in [-0.25, -0.2) is 4.79 Å². The summed E-state index contributed by atoms with van der Waals surface area (Å²) in [7, 11) is 0. The van der Waals surface area contributed by atoms with Crippen molar-refractivity contribution in [3.05, 3.63) is 65.7 Å². The summed E-state index contributed by atoms with van der Waals surface area (Å²) in [6, 6.07) is 18.4. The van der Waals surface area contributed by atoms with Crippen LogP contribution in [-0.4, -0.2) is 30.2 Å². The molecule has 2 aromatic carbocycles. The predicted molar refractivity (Wildman–Crippen MR) is 105 cm³/mol. The lowest BCUT2D eigenvalue weighted by atomic mass is 10.0. The van der Waals surface area contributed by atoms with Crippen molar-refractivity contribution < 1.29 is 9.53 Å².